The number of carbonyl (C=O) groups excluding carboxylic acids is 2. The number of ether oxygens (including phenoxy) is 3. The van der Waals surface area contributed by atoms with Gasteiger partial charge in [-0.3, -0.25) is 9.35 Å². The number of nitrogens with zero attached hydrogens (tertiary/aromatic N) is 1. The largest absolute Gasteiger partial charge is 0.494 e. The Morgan fingerprint density at radius 2 is 1.87 bits per heavy atom. The Morgan fingerprint density at radius 1 is 1.15 bits per heavy atom. The van der Waals surface area contributed by atoms with Crippen molar-refractivity contribution in [3.63, 3.8) is 0 Å². The van der Waals surface area contributed by atoms with E-state index in [0.29, 0.717) is 35.2 Å². The van der Waals surface area contributed by atoms with Gasteiger partial charge in [-0.25, -0.2) is 4.79 Å². The minimum absolute atomic E-state index is 0.0195. The fourth-order valence-corrected chi connectivity index (χ4v) is 5.42. The van der Waals surface area contributed by atoms with Gasteiger partial charge in [0.15, 0.2) is 0 Å². The van der Waals surface area contributed by atoms with E-state index in [1.165, 1.54) is 0 Å². The minimum atomic E-state index is -4.02. The monoisotopic (exact) mass is 577 g/mol. The molecular formula is C28H32ClNO8S. The second-order valence-electron chi connectivity index (χ2n) is 9.65. The van der Waals surface area contributed by atoms with Gasteiger partial charge in [-0.15, -0.1) is 0 Å². The number of rotatable bonds is 11. The van der Waals surface area contributed by atoms with E-state index in [1.54, 1.807) is 48.2 Å². The second-order valence-corrected chi connectivity index (χ2v) is 11.7. The van der Waals surface area contributed by atoms with E-state index in [-0.39, 0.29) is 43.8 Å². The van der Waals surface area contributed by atoms with Crippen LogP contribution in [0.15, 0.2) is 59.8 Å². The van der Waals surface area contributed by atoms with Crippen LogP contribution < -0.4 is 4.74 Å². The van der Waals surface area contributed by atoms with Crippen LogP contribution in [-0.4, -0.2) is 61.4 Å². The number of esters is 1. The van der Waals surface area contributed by atoms with Gasteiger partial charge in [0.05, 0.1) is 30.6 Å². The van der Waals surface area contributed by atoms with Crippen molar-refractivity contribution < 1.29 is 36.8 Å². The van der Waals surface area contributed by atoms with E-state index in [2.05, 4.69) is 0 Å². The Labute approximate surface area is 233 Å². The van der Waals surface area contributed by atoms with Crippen molar-refractivity contribution in [3.05, 3.63) is 76.0 Å². The average Bonchev–Trinajstić information content (AvgIpc) is 3.41. The first kappa shape index (κ1) is 29.1. The van der Waals surface area contributed by atoms with Gasteiger partial charge in [0.1, 0.15) is 12.4 Å². The summed E-state index contributed by atoms with van der Waals surface area (Å²) >= 11 is 6.07. The summed E-state index contributed by atoms with van der Waals surface area (Å²) in [5.74, 6) is -0.863. The molecule has 0 bridgehead atoms. The summed E-state index contributed by atoms with van der Waals surface area (Å²) in [5.41, 5.74) is 2.55. The quantitative estimate of drug-likeness (QED) is 0.235. The molecule has 2 atom stereocenters. The van der Waals surface area contributed by atoms with Crippen LogP contribution in [0.5, 0.6) is 5.75 Å². The molecule has 210 valence electrons. The van der Waals surface area contributed by atoms with Crippen LogP contribution in [0.4, 0.5) is 0 Å². The molecule has 2 aromatic carbocycles. The molecule has 0 spiro atoms. The average molecular weight is 578 g/mol. The lowest BCUT2D eigenvalue weighted by Crippen LogP contribution is -2.42. The summed E-state index contributed by atoms with van der Waals surface area (Å²) in [6.45, 7) is 3.01. The molecule has 1 N–H and O–H groups in total. The lowest BCUT2D eigenvalue weighted by Gasteiger charge is -2.35. The van der Waals surface area contributed by atoms with Gasteiger partial charge in [-0.2, -0.15) is 8.42 Å². The van der Waals surface area contributed by atoms with Crippen LogP contribution >= 0.6 is 11.6 Å². The summed E-state index contributed by atoms with van der Waals surface area (Å²) in [5, 5.41) is 0.566. The molecule has 0 saturated carbocycles. The highest BCUT2D eigenvalue weighted by atomic mass is 35.5. The lowest BCUT2D eigenvalue weighted by molar-refractivity contribution is -0.141. The highest BCUT2D eigenvalue weighted by molar-refractivity contribution is 7.85. The van der Waals surface area contributed by atoms with E-state index >= 15 is 0 Å². The number of benzene rings is 2. The van der Waals surface area contributed by atoms with Crippen LogP contribution in [0.2, 0.25) is 5.02 Å². The van der Waals surface area contributed by atoms with Crippen LogP contribution in [0.25, 0.3) is 0 Å². The highest BCUT2D eigenvalue weighted by Crippen LogP contribution is 2.38. The molecule has 1 saturated heterocycles. The van der Waals surface area contributed by atoms with Crippen molar-refractivity contribution in [1.82, 2.24) is 4.90 Å². The zero-order chi connectivity index (χ0) is 28.0. The van der Waals surface area contributed by atoms with Crippen molar-refractivity contribution in [2.24, 2.45) is 0 Å². The molecule has 1 amide bonds. The summed E-state index contributed by atoms with van der Waals surface area (Å²) < 4.78 is 47.3. The van der Waals surface area contributed by atoms with Crippen LogP contribution in [0.3, 0.4) is 0 Å². The lowest BCUT2D eigenvalue weighted by atomic mass is 9.83. The molecule has 9 nitrogen and oxygen atoms in total. The fourth-order valence-electron chi connectivity index (χ4n) is 4.81. The molecule has 4 rings (SSSR count). The SMILES string of the molecule is CC1=C(C(=O)OCc2ccc(OCCCS(=O)(=O)O)cc2)[C@H](c2ccc(Cl)cc2)CC(=O)N1C[C@H]1CCCO1. The van der Waals surface area contributed by atoms with E-state index in [0.717, 1.165) is 24.0 Å². The topological polar surface area (TPSA) is 119 Å². The van der Waals surface area contributed by atoms with Crippen LogP contribution in [0, 0.1) is 0 Å². The molecule has 1 fully saturated rings. The van der Waals surface area contributed by atoms with Gasteiger partial charge in [0.25, 0.3) is 10.1 Å². The molecule has 2 aliphatic heterocycles. The number of allylic oxidation sites excluding steroid dienone is 1. The molecule has 11 heteroatoms. The summed E-state index contributed by atoms with van der Waals surface area (Å²) in [7, 11) is -4.02. The normalized spacial score (nSPS) is 19.9. The van der Waals surface area contributed by atoms with Gasteiger partial charge < -0.3 is 19.1 Å². The molecule has 0 radical (unpaired) electrons. The van der Waals surface area contributed by atoms with Gasteiger partial charge in [-0.05, 0) is 61.6 Å². The second kappa shape index (κ2) is 13.0. The molecule has 2 aliphatic rings. The maximum atomic E-state index is 13.5. The number of hydrogen-bond donors (Lipinski definition) is 1. The molecule has 0 unspecified atom stereocenters. The highest BCUT2D eigenvalue weighted by Gasteiger charge is 2.38. The van der Waals surface area contributed by atoms with Crippen molar-refractivity contribution in [2.45, 2.75) is 51.2 Å². The van der Waals surface area contributed by atoms with Gasteiger partial charge in [0.2, 0.25) is 5.91 Å². The van der Waals surface area contributed by atoms with Gasteiger partial charge in [-0.1, -0.05) is 35.9 Å². The van der Waals surface area contributed by atoms with Crippen molar-refractivity contribution in [2.75, 3.05) is 25.5 Å². The predicted molar refractivity (Wildman–Crippen MR) is 145 cm³/mol. The number of carbonyl (C=O) groups is 2. The molecular weight excluding hydrogens is 546 g/mol. The Bertz CT molecular complexity index is 1300. The molecule has 0 aliphatic carbocycles. The Balaban J connectivity index is 1.46. The fraction of sp³-hybridized carbons (Fsp3) is 0.429. The number of halogens is 1. The van der Waals surface area contributed by atoms with Gasteiger partial charge >= 0.3 is 5.97 Å². The number of hydrogen-bond acceptors (Lipinski definition) is 7. The van der Waals surface area contributed by atoms with Crippen molar-refractivity contribution >= 4 is 33.6 Å². The molecule has 39 heavy (non-hydrogen) atoms. The summed E-state index contributed by atoms with van der Waals surface area (Å²) in [6, 6.07) is 14.0. The zero-order valence-corrected chi connectivity index (χ0v) is 23.2. The predicted octanol–water partition coefficient (Wildman–Crippen LogP) is 4.51. The van der Waals surface area contributed by atoms with Crippen molar-refractivity contribution in [3.8, 4) is 5.75 Å². The first-order valence-corrected chi connectivity index (χ1v) is 14.8. The molecule has 2 aromatic rings. The van der Waals surface area contributed by atoms with E-state index in [9.17, 15) is 18.0 Å². The minimum Gasteiger partial charge on any atom is -0.494 e. The first-order valence-electron chi connectivity index (χ1n) is 12.8. The Hall–Kier alpha value is -2.92. The third-order valence-corrected chi connectivity index (χ3v) is 7.89. The van der Waals surface area contributed by atoms with Gasteiger partial charge in [0, 0.05) is 29.7 Å². The third kappa shape index (κ3) is 8.04. The number of amides is 1. The summed E-state index contributed by atoms with van der Waals surface area (Å²) in [6.07, 6.45) is 2.07. The van der Waals surface area contributed by atoms with Crippen molar-refractivity contribution in [1.29, 1.82) is 0 Å². The Kier molecular flexibility index (Phi) is 9.66. The summed E-state index contributed by atoms with van der Waals surface area (Å²) in [4.78, 5) is 28.3. The van der Waals surface area contributed by atoms with Crippen LogP contribution in [0.1, 0.15) is 49.7 Å². The van der Waals surface area contributed by atoms with Crippen LogP contribution in [-0.2, 0) is 35.8 Å². The van der Waals surface area contributed by atoms with E-state index < -0.39 is 22.0 Å². The maximum absolute atomic E-state index is 13.5. The first-order chi connectivity index (χ1) is 18.6. The third-order valence-electron chi connectivity index (χ3n) is 6.83. The molecule has 2 heterocycles. The van der Waals surface area contributed by atoms with E-state index in [4.69, 9.17) is 30.4 Å². The molecule has 0 aromatic heterocycles. The Morgan fingerprint density at radius 3 is 2.51 bits per heavy atom. The maximum Gasteiger partial charge on any atom is 0.336 e. The zero-order valence-electron chi connectivity index (χ0n) is 21.7. The van der Waals surface area contributed by atoms with E-state index in [1.807, 2.05) is 12.1 Å². The smallest absolute Gasteiger partial charge is 0.336 e. The standard InChI is InChI=1S/C28H32ClNO8S/c1-19-27(28(32)38-18-20-5-11-23(12-6-20)36-14-3-15-39(33,34)35)25(21-7-9-22(29)10-8-21)16-26(31)30(19)17-24-4-2-13-37-24/h5-12,24-25H,2-4,13-18H2,1H3,(H,33,34,35)/t24-,25+/m1/s1.